The lowest BCUT2D eigenvalue weighted by Gasteiger charge is -2.19. The summed E-state index contributed by atoms with van der Waals surface area (Å²) in [6.07, 6.45) is 0.753. The molecule has 6 heteroatoms. The Morgan fingerprint density at radius 1 is 1.40 bits per heavy atom. The number of nitrogens with two attached hydrogens (primary N) is 2. The molecule has 1 rings (SSSR count). The Hall–Kier alpha value is -1.95. The summed E-state index contributed by atoms with van der Waals surface area (Å²) >= 11 is 0. The first kappa shape index (κ1) is 16.1. The molecule has 0 radical (unpaired) electrons. The number of amides is 2. The summed E-state index contributed by atoms with van der Waals surface area (Å²) in [7, 11) is 0. The smallest absolute Gasteiger partial charge is 0.248 e. The monoisotopic (exact) mass is 281 g/mol. The first-order chi connectivity index (χ1) is 9.27. The number of rotatable bonds is 5. The number of primary amides is 1. The van der Waals surface area contributed by atoms with E-state index in [1.165, 1.54) is 13.0 Å². The number of hydrogen-bond donors (Lipinski definition) is 3. The number of carbonyl (C=O) groups is 2. The van der Waals surface area contributed by atoms with E-state index < -0.39 is 23.7 Å². The van der Waals surface area contributed by atoms with Gasteiger partial charge in [-0.05, 0) is 25.0 Å². The maximum Gasteiger partial charge on any atom is 0.248 e. The quantitative estimate of drug-likeness (QED) is 0.763. The fourth-order valence-electron chi connectivity index (χ4n) is 1.68. The van der Waals surface area contributed by atoms with Gasteiger partial charge in [-0.1, -0.05) is 20.3 Å². The van der Waals surface area contributed by atoms with Gasteiger partial charge in [0.25, 0.3) is 0 Å². The summed E-state index contributed by atoms with van der Waals surface area (Å²) in [5, 5.41) is 2.55. The summed E-state index contributed by atoms with van der Waals surface area (Å²) in [5.41, 5.74) is 11.4. The zero-order valence-electron chi connectivity index (χ0n) is 11.9. The molecule has 5 nitrogen and oxygen atoms in total. The highest BCUT2D eigenvalue weighted by Crippen LogP contribution is 2.21. The molecular weight excluding hydrogens is 261 g/mol. The molecule has 0 saturated carbocycles. The average molecular weight is 281 g/mol. The van der Waals surface area contributed by atoms with Crippen LogP contribution < -0.4 is 16.8 Å². The zero-order chi connectivity index (χ0) is 15.4. The molecule has 0 aliphatic heterocycles. The molecule has 1 aromatic carbocycles. The maximum atomic E-state index is 13.7. The molecule has 0 fully saturated rings. The van der Waals surface area contributed by atoms with Gasteiger partial charge < -0.3 is 16.8 Å². The van der Waals surface area contributed by atoms with Crippen LogP contribution in [-0.2, 0) is 4.79 Å². The van der Waals surface area contributed by atoms with Crippen LogP contribution in [0, 0.1) is 18.7 Å². The van der Waals surface area contributed by atoms with Crippen molar-refractivity contribution in [2.45, 2.75) is 33.2 Å². The maximum absolute atomic E-state index is 13.7. The number of hydrogen-bond acceptors (Lipinski definition) is 3. The van der Waals surface area contributed by atoms with Crippen molar-refractivity contribution >= 4 is 17.5 Å². The Bertz CT molecular complexity index is 531. The van der Waals surface area contributed by atoms with Crippen LogP contribution in [0.2, 0.25) is 0 Å². The van der Waals surface area contributed by atoms with Gasteiger partial charge in [0.15, 0.2) is 0 Å². The second kappa shape index (κ2) is 6.47. The molecule has 2 amide bonds. The van der Waals surface area contributed by atoms with Crippen molar-refractivity contribution in [2.75, 3.05) is 5.32 Å². The topological polar surface area (TPSA) is 98.2 Å². The third kappa shape index (κ3) is 3.54. The van der Waals surface area contributed by atoms with Crippen molar-refractivity contribution in [1.29, 1.82) is 0 Å². The predicted octanol–water partition coefficient (Wildman–Crippen LogP) is 1.54. The first-order valence-electron chi connectivity index (χ1n) is 6.44. The highest BCUT2D eigenvalue weighted by atomic mass is 19.1. The van der Waals surface area contributed by atoms with Crippen LogP contribution in [0.5, 0.6) is 0 Å². The van der Waals surface area contributed by atoms with Gasteiger partial charge in [0.2, 0.25) is 11.8 Å². The van der Waals surface area contributed by atoms with Crippen molar-refractivity contribution in [3.63, 3.8) is 0 Å². The Balaban J connectivity index is 3.03. The van der Waals surface area contributed by atoms with Gasteiger partial charge in [-0.3, -0.25) is 9.59 Å². The van der Waals surface area contributed by atoms with Crippen molar-refractivity contribution in [3.05, 3.63) is 29.1 Å². The molecule has 20 heavy (non-hydrogen) atoms. The normalized spacial score (nSPS) is 13.7. The summed E-state index contributed by atoms with van der Waals surface area (Å²) < 4.78 is 13.7. The number of halogens is 1. The van der Waals surface area contributed by atoms with Crippen LogP contribution in [0.25, 0.3) is 0 Å². The van der Waals surface area contributed by atoms with Gasteiger partial charge in [-0.15, -0.1) is 0 Å². The van der Waals surface area contributed by atoms with Gasteiger partial charge in [-0.2, -0.15) is 0 Å². The van der Waals surface area contributed by atoms with E-state index >= 15 is 0 Å². The highest BCUT2D eigenvalue weighted by Gasteiger charge is 2.21. The van der Waals surface area contributed by atoms with Crippen LogP contribution >= 0.6 is 0 Å². The third-order valence-electron chi connectivity index (χ3n) is 3.45. The van der Waals surface area contributed by atoms with Crippen molar-refractivity contribution in [2.24, 2.45) is 17.4 Å². The third-order valence-corrected chi connectivity index (χ3v) is 3.45. The fourth-order valence-corrected chi connectivity index (χ4v) is 1.68. The second-order valence-electron chi connectivity index (χ2n) is 4.90. The largest absolute Gasteiger partial charge is 0.366 e. The Kier molecular flexibility index (Phi) is 5.21. The van der Waals surface area contributed by atoms with Crippen LogP contribution in [0.3, 0.4) is 0 Å². The van der Waals surface area contributed by atoms with E-state index in [0.717, 1.165) is 12.5 Å². The molecule has 2 atom stereocenters. The van der Waals surface area contributed by atoms with Gasteiger partial charge in [0.05, 0.1) is 6.04 Å². The van der Waals surface area contributed by atoms with E-state index in [9.17, 15) is 14.0 Å². The molecule has 0 unspecified atom stereocenters. The summed E-state index contributed by atoms with van der Waals surface area (Å²) in [6.45, 7) is 5.29. The Labute approximate surface area is 117 Å². The van der Waals surface area contributed by atoms with E-state index in [1.54, 1.807) is 0 Å². The SMILES string of the molecule is CC[C@H](C)[C@H](N)C(=O)Nc1cc(C(N)=O)cc(F)c1C. The number of carbonyl (C=O) groups excluding carboxylic acids is 2. The average Bonchev–Trinajstić information content (AvgIpc) is 2.41. The minimum Gasteiger partial charge on any atom is -0.366 e. The van der Waals surface area contributed by atoms with Gasteiger partial charge in [-0.25, -0.2) is 4.39 Å². The minimum atomic E-state index is -0.759. The number of anilines is 1. The number of benzene rings is 1. The zero-order valence-corrected chi connectivity index (χ0v) is 11.9. The molecule has 0 spiro atoms. The van der Waals surface area contributed by atoms with Gasteiger partial charge >= 0.3 is 0 Å². The summed E-state index contributed by atoms with van der Waals surface area (Å²) in [4.78, 5) is 23.1. The van der Waals surface area contributed by atoms with Crippen molar-refractivity contribution in [3.8, 4) is 0 Å². The van der Waals surface area contributed by atoms with Gasteiger partial charge in [0.1, 0.15) is 5.82 Å². The van der Waals surface area contributed by atoms with E-state index in [0.29, 0.717) is 0 Å². The van der Waals surface area contributed by atoms with Crippen LogP contribution in [0.15, 0.2) is 12.1 Å². The molecule has 0 aliphatic carbocycles. The van der Waals surface area contributed by atoms with E-state index in [1.807, 2.05) is 13.8 Å². The molecule has 0 aliphatic rings. The van der Waals surface area contributed by atoms with E-state index in [4.69, 9.17) is 11.5 Å². The van der Waals surface area contributed by atoms with Gasteiger partial charge in [0, 0.05) is 16.8 Å². The Morgan fingerprint density at radius 2 is 2.00 bits per heavy atom. The molecule has 0 aromatic heterocycles. The van der Waals surface area contributed by atoms with Crippen molar-refractivity contribution < 1.29 is 14.0 Å². The molecule has 0 saturated heterocycles. The fraction of sp³-hybridized carbons (Fsp3) is 0.429. The van der Waals surface area contributed by atoms with Crippen LogP contribution in [-0.4, -0.2) is 17.9 Å². The van der Waals surface area contributed by atoms with Crippen LogP contribution in [0.4, 0.5) is 10.1 Å². The van der Waals surface area contributed by atoms with Crippen molar-refractivity contribution in [1.82, 2.24) is 0 Å². The van der Waals surface area contributed by atoms with E-state index in [-0.39, 0.29) is 22.7 Å². The standard InChI is InChI=1S/C14H20FN3O2/c1-4-7(2)12(16)14(20)18-11-6-9(13(17)19)5-10(15)8(11)3/h5-7,12H,4,16H2,1-3H3,(H2,17,19)(H,18,20)/t7-,12-/m0/s1. The second-order valence-corrected chi connectivity index (χ2v) is 4.90. The molecule has 1 aromatic rings. The predicted molar refractivity (Wildman–Crippen MR) is 75.7 cm³/mol. The lowest BCUT2D eigenvalue weighted by atomic mass is 9.99. The molecule has 0 bridgehead atoms. The molecule has 110 valence electrons. The lowest BCUT2D eigenvalue weighted by molar-refractivity contribution is -0.118. The summed E-state index contributed by atoms with van der Waals surface area (Å²) in [5.74, 6) is -1.78. The summed E-state index contributed by atoms with van der Waals surface area (Å²) in [6, 6.07) is 1.70. The molecule has 5 N–H and O–H groups in total. The molecular formula is C14H20FN3O2. The highest BCUT2D eigenvalue weighted by molar-refractivity contribution is 5.98. The Morgan fingerprint density at radius 3 is 2.50 bits per heavy atom. The van der Waals surface area contributed by atoms with Crippen LogP contribution in [0.1, 0.15) is 36.2 Å². The molecule has 0 heterocycles. The van der Waals surface area contributed by atoms with E-state index in [2.05, 4.69) is 5.32 Å². The first-order valence-corrected chi connectivity index (χ1v) is 6.44. The number of nitrogens with one attached hydrogen (secondary N) is 1. The minimum absolute atomic E-state index is 0.000474. The lowest BCUT2D eigenvalue weighted by Crippen LogP contribution is -2.40.